The Labute approximate surface area is 98.4 Å². The van der Waals surface area contributed by atoms with E-state index in [4.69, 9.17) is 10.2 Å². The minimum absolute atomic E-state index is 0.0764. The number of aliphatic hydroxyl groups is 1. The maximum atomic E-state index is 11.2. The van der Waals surface area contributed by atoms with Crippen molar-refractivity contribution in [1.82, 2.24) is 0 Å². The van der Waals surface area contributed by atoms with Gasteiger partial charge in [0.25, 0.3) is 0 Å². The van der Waals surface area contributed by atoms with Crippen LogP contribution < -0.4 is 5.32 Å². The number of amides is 1. The Morgan fingerprint density at radius 2 is 1.82 bits per heavy atom. The summed E-state index contributed by atoms with van der Waals surface area (Å²) in [5.74, 6) is -1.67. The fraction of sp³-hybridized carbons (Fsp3) is 0.167. The molecule has 0 fully saturated rings. The molecular weight excluding hydrogens is 222 g/mol. The summed E-state index contributed by atoms with van der Waals surface area (Å²) in [6, 6.07) is 6.95. The number of aliphatic carboxylic acids is 1. The van der Waals surface area contributed by atoms with Crippen LogP contribution in [0.1, 0.15) is 5.56 Å². The van der Waals surface area contributed by atoms with E-state index < -0.39 is 11.9 Å². The zero-order valence-electron chi connectivity index (χ0n) is 9.09. The Kier molecular flexibility index (Phi) is 4.90. The highest BCUT2D eigenvalue weighted by Gasteiger charge is 1.99. The number of hydrogen-bond donors (Lipinski definition) is 3. The lowest BCUT2D eigenvalue weighted by molar-refractivity contribution is -0.131. The summed E-state index contributed by atoms with van der Waals surface area (Å²) in [4.78, 5) is 21.4. The molecule has 1 aromatic rings. The zero-order valence-corrected chi connectivity index (χ0v) is 9.09. The standard InChI is InChI=1S/C12H13NO4/c14-8-7-9-1-3-10(4-2-9)13-11(15)5-6-12(16)17/h1-6,14H,7-8H2,(H,13,15)(H,16,17)/b6-5+. The van der Waals surface area contributed by atoms with Crippen LogP contribution in [-0.2, 0) is 16.0 Å². The fourth-order valence-corrected chi connectivity index (χ4v) is 1.21. The summed E-state index contributed by atoms with van der Waals surface area (Å²) in [6.07, 6.45) is 2.28. The van der Waals surface area contributed by atoms with Gasteiger partial charge >= 0.3 is 5.97 Å². The second kappa shape index (κ2) is 6.44. The minimum Gasteiger partial charge on any atom is -0.478 e. The number of carbonyl (C=O) groups is 2. The summed E-state index contributed by atoms with van der Waals surface area (Å²) in [5.41, 5.74) is 1.54. The Morgan fingerprint density at radius 3 is 2.35 bits per heavy atom. The SMILES string of the molecule is O=C(O)/C=C/C(=O)Nc1ccc(CCO)cc1. The van der Waals surface area contributed by atoms with E-state index in [1.165, 1.54) is 0 Å². The molecule has 0 radical (unpaired) electrons. The number of carboxylic acids is 1. The van der Waals surface area contributed by atoms with Gasteiger partial charge in [0.15, 0.2) is 0 Å². The number of nitrogens with one attached hydrogen (secondary N) is 1. The third kappa shape index (κ3) is 4.94. The van der Waals surface area contributed by atoms with Crippen LogP contribution in [0.5, 0.6) is 0 Å². The van der Waals surface area contributed by atoms with Crippen LogP contribution in [0.3, 0.4) is 0 Å². The maximum Gasteiger partial charge on any atom is 0.328 e. The molecule has 0 bridgehead atoms. The maximum absolute atomic E-state index is 11.2. The molecule has 5 nitrogen and oxygen atoms in total. The molecule has 0 aliphatic heterocycles. The van der Waals surface area contributed by atoms with Gasteiger partial charge in [-0.05, 0) is 24.1 Å². The highest BCUT2D eigenvalue weighted by Crippen LogP contribution is 2.09. The zero-order chi connectivity index (χ0) is 12.7. The van der Waals surface area contributed by atoms with Gasteiger partial charge in [0.1, 0.15) is 0 Å². The molecule has 1 aromatic carbocycles. The van der Waals surface area contributed by atoms with Crippen molar-refractivity contribution in [2.75, 3.05) is 11.9 Å². The van der Waals surface area contributed by atoms with Crippen molar-refractivity contribution < 1.29 is 19.8 Å². The molecule has 1 amide bonds. The predicted octanol–water partition coefficient (Wildman–Crippen LogP) is 0.801. The van der Waals surface area contributed by atoms with Crippen molar-refractivity contribution in [2.45, 2.75) is 6.42 Å². The van der Waals surface area contributed by atoms with Gasteiger partial charge in [-0.2, -0.15) is 0 Å². The third-order valence-corrected chi connectivity index (χ3v) is 2.00. The van der Waals surface area contributed by atoms with E-state index >= 15 is 0 Å². The summed E-state index contributed by atoms with van der Waals surface area (Å²) in [6.45, 7) is 0.0764. The van der Waals surface area contributed by atoms with Gasteiger partial charge in [0.05, 0.1) is 0 Å². The van der Waals surface area contributed by atoms with Gasteiger partial charge in [-0.25, -0.2) is 4.79 Å². The summed E-state index contributed by atoms with van der Waals surface area (Å²) in [5, 5.41) is 19.6. The lowest BCUT2D eigenvalue weighted by Gasteiger charge is -2.03. The van der Waals surface area contributed by atoms with Crippen LogP contribution in [0.15, 0.2) is 36.4 Å². The average Bonchev–Trinajstić information content (AvgIpc) is 2.29. The number of rotatable bonds is 5. The summed E-state index contributed by atoms with van der Waals surface area (Å²) < 4.78 is 0. The number of carbonyl (C=O) groups excluding carboxylic acids is 1. The van der Waals surface area contributed by atoms with Gasteiger partial charge < -0.3 is 15.5 Å². The highest BCUT2D eigenvalue weighted by atomic mass is 16.4. The molecule has 0 aromatic heterocycles. The topological polar surface area (TPSA) is 86.6 Å². The van der Waals surface area contributed by atoms with Gasteiger partial charge in [-0.1, -0.05) is 12.1 Å². The first-order valence-electron chi connectivity index (χ1n) is 5.03. The Bertz CT molecular complexity index is 423. The van der Waals surface area contributed by atoms with Crippen LogP contribution in [0.2, 0.25) is 0 Å². The van der Waals surface area contributed by atoms with E-state index in [-0.39, 0.29) is 6.61 Å². The van der Waals surface area contributed by atoms with Crippen LogP contribution in [0.25, 0.3) is 0 Å². The molecule has 17 heavy (non-hydrogen) atoms. The van der Waals surface area contributed by atoms with Crippen LogP contribution >= 0.6 is 0 Å². The van der Waals surface area contributed by atoms with E-state index in [0.29, 0.717) is 12.1 Å². The molecule has 0 saturated carbocycles. The van der Waals surface area contributed by atoms with Crippen molar-refractivity contribution in [3.63, 3.8) is 0 Å². The Morgan fingerprint density at radius 1 is 1.18 bits per heavy atom. The first-order valence-corrected chi connectivity index (χ1v) is 5.03. The van der Waals surface area contributed by atoms with Crippen molar-refractivity contribution in [3.8, 4) is 0 Å². The van der Waals surface area contributed by atoms with Gasteiger partial charge in [0.2, 0.25) is 5.91 Å². The molecule has 0 saturated heterocycles. The monoisotopic (exact) mass is 235 g/mol. The van der Waals surface area contributed by atoms with Crippen LogP contribution in [-0.4, -0.2) is 28.7 Å². The molecule has 5 heteroatoms. The molecule has 0 spiro atoms. The van der Waals surface area contributed by atoms with Crippen molar-refractivity contribution in [3.05, 3.63) is 42.0 Å². The number of benzene rings is 1. The average molecular weight is 235 g/mol. The van der Waals surface area contributed by atoms with E-state index in [2.05, 4.69) is 5.32 Å². The van der Waals surface area contributed by atoms with Crippen LogP contribution in [0, 0.1) is 0 Å². The normalized spacial score (nSPS) is 10.4. The first kappa shape index (κ1) is 12.9. The lowest BCUT2D eigenvalue weighted by Crippen LogP contribution is -2.08. The lowest BCUT2D eigenvalue weighted by atomic mass is 10.1. The number of carboxylic acid groups (broad SMARTS) is 1. The number of aliphatic hydroxyl groups excluding tert-OH is 1. The Hall–Kier alpha value is -2.14. The second-order valence-corrected chi connectivity index (χ2v) is 3.33. The van der Waals surface area contributed by atoms with E-state index in [1.54, 1.807) is 24.3 Å². The van der Waals surface area contributed by atoms with Crippen LogP contribution in [0.4, 0.5) is 5.69 Å². The van der Waals surface area contributed by atoms with E-state index in [1.807, 2.05) is 0 Å². The third-order valence-electron chi connectivity index (χ3n) is 2.00. The second-order valence-electron chi connectivity index (χ2n) is 3.33. The predicted molar refractivity (Wildman–Crippen MR) is 62.6 cm³/mol. The largest absolute Gasteiger partial charge is 0.478 e. The smallest absolute Gasteiger partial charge is 0.328 e. The van der Waals surface area contributed by atoms with Crippen molar-refractivity contribution in [1.29, 1.82) is 0 Å². The van der Waals surface area contributed by atoms with E-state index in [9.17, 15) is 9.59 Å². The summed E-state index contributed by atoms with van der Waals surface area (Å²) in [7, 11) is 0. The Balaban J connectivity index is 2.57. The van der Waals surface area contributed by atoms with Crippen molar-refractivity contribution in [2.24, 2.45) is 0 Å². The first-order chi connectivity index (χ1) is 8.11. The van der Waals surface area contributed by atoms with Gasteiger partial charge in [-0.15, -0.1) is 0 Å². The molecule has 0 atom stereocenters. The van der Waals surface area contributed by atoms with Gasteiger partial charge in [-0.3, -0.25) is 4.79 Å². The highest BCUT2D eigenvalue weighted by molar-refractivity contribution is 6.02. The molecular formula is C12H13NO4. The number of hydrogen-bond acceptors (Lipinski definition) is 3. The molecule has 0 heterocycles. The van der Waals surface area contributed by atoms with E-state index in [0.717, 1.165) is 17.7 Å². The minimum atomic E-state index is -1.17. The quantitative estimate of drug-likeness (QED) is 0.659. The molecule has 1 rings (SSSR count). The number of anilines is 1. The molecule has 0 aliphatic rings. The molecule has 0 aliphatic carbocycles. The summed E-state index contributed by atoms with van der Waals surface area (Å²) >= 11 is 0. The van der Waals surface area contributed by atoms with Crippen molar-refractivity contribution >= 4 is 17.6 Å². The molecule has 90 valence electrons. The molecule has 0 unspecified atom stereocenters. The fourth-order valence-electron chi connectivity index (χ4n) is 1.21. The van der Waals surface area contributed by atoms with Gasteiger partial charge in [0, 0.05) is 24.4 Å². The molecule has 3 N–H and O–H groups in total.